The lowest BCUT2D eigenvalue weighted by Crippen LogP contribution is -2.29. The monoisotopic (exact) mass is 278 g/mol. The lowest BCUT2D eigenvalue weighted by molar-refractivity contribution is -0.174. The third-order valence-electron chi connectivity index (χ3n) is 2.15. The van der Waals surface area contributed by atoms with Gasteiger partial charge in [0.1, 0.15) is 12.4 Å². The molecule has 1 rings (SSSR count). The molecule has 2 N–H and O–H groups in total. The van der Waals surface area contributed by atoms with Crippen LogP contribution in [-0.2, 0) is 4.74 Å². The van der Waals surface area contributed by atoms with Crippen molar-refractivity contribution < 1.29 is 32.7 Å². The van der Waals surface area contributed by atoms with Crippen LogP contribution < -0.4 is 10.2 Å². The number of hydrogen-bond donors (Lipinski definition) is 2. The van der Waals surface area contributed by atoms with Crippen LogP contribution in [0.25, 0.3) is 0 Å². The highest BCUT2D eigenvalue weighted by Gasteiger charge is 2.27. The summed E-state index contributed by atoms with van der Waals surface area (Å²) in [6.07, 6.45) is -3.97. The highest BCUT2D eigenvalue weighted by Crippen LogP contribution is 2.14. The second-order valence-electron chi connectivity index (χ2n) is 3.81. The largest absolute Gasteiger partial charge is 0.494 e. The predicted molar refractivity (Wildman–Crippen MR) is 63.3 cm³/mol. The lowest BCUT2D eigenvalue weighted by atomic mass is 9.80. The van der Waals surface area contributed by atoms with Gasteiger partial charge in [-0.2, -0.15) is 13.2 Å². The smallest absolute Gasteiger partial charge is 0.488 e. The second-order valence-corrected chi connectivity index (χ2v) is 3.81. The van der Waals surface area contributed by atoms with Crippen LogP contribution in [0.1, 0.15) is 6.42 Å². The molecule has 0 amide bonds. The molecule has 1 aromatic carbocycles. The van der Waals surface area contributed by atoms with E-state index in [1.807, 2.05) is 0 Å². The van der Waals surface area contributed by atoms with Crippen LogP contribution in [0, 0.1) is 0 Å². The maximum Gasteiger partial charge on any atom is 0.488 e. The van der Waals surface area contributed by atoms with Gasteiger partial charge < -0.3 is 19.5 Å². The van der Waals surface area contributed by atoms with Crippen molar-refractivity contribution in [3.05, 3.63) is 24.3 Å². The van der Waals surface area contributed by atoms with E-state index in [2.05, 4.69) is 4.74 Å². The molecule has 0 unspecified atom stereocenters. The van der Waals surface area contributed by atoms with E-state index in [4.69, 9.17) is 14.8 Å². The Labute approximate surface area is 108 Å². The first-order valence-electron chi connectivity index (χ1n) is 5.62. The van der Waals surface area contributed by atoms with E-state index in [1.54, 1.807) is 12.1 Å². The molecule has 19 heavy (non-hydrogen) atoms. The molecular formula is C11H14BF3O4. The van der Waals surface area contributed by atoms with Crippen molar-refractivity contribution in [2.75, 3.05) is 19.8 Å². The third-order valence-corrected chi connectivity index (χ3v) is 2.15. The second kappa shape index (κ2) is 7.37. The molecule has 0 saturated carbocycles. The van der Waals surface area contributed by atoms with E-state index < -0.39 is 19.9 Å². The minimum absolute atomic E-state index is 0.0348. The van der Waals surface area contributed by atoms with Gasteiger partial charge in [-0.25, -0.2) is 0 Å². The summed E-state index contributed by atoms with van der Waals surface area (Å²) in [6, 6.07) is 6.07. The average molecular weight is 278 g/mol. The van der Waals surface area contributed by atoms with Gasteiger partial charge in [0.05, 0.1) is 13.2 Å². The zero-order valence-corrected chi connectivity index (χ0v) is 10.1. The molecule has 1 aromatic rings. The number of benzene rings is 1. The predicted octanol–water partition coefficient (Wildman–Crippen LogP) is 0.714. The van der Waals surface area contributed by atoms with Crippen molar-refractivity contribution in [1.29, 1.82) is 0 Å². The number of halogens is 3. The highest BCUT2D eigenvalue weighted by molar-refractivity contribution is 6.58. The fourth-order valence-electron chi connectivity index (χ4n) is 1.28. The molecule has 0 heterocycles. The Hall–Kier alpha value is -1.25. The van der Waals surface area contributed by atoms with Gasteiger partial charge in [-0.15, -0.1) is 0 Å². The van der Waals surface area contributed by atoms with Crippen LogP contribution in [0.5, 0.6) is 5.75 Å². The minimum Gasteiger partial charge on any atom is -0.494 e. The number of alkyl halides is 3. The Kier molecular flexibility index (Phi) is 6.13. The van der Waals surface area contributed by atoms with Crippen molar-refractivity contribution >= 4 is 12.6 Å². The number of hydrogen-bond acceptors (Lipinski definition) is 4. The Morgan fingerprint density at radius 1 is 1.05 bits per heavy atom. The normalized spacial score (nSPS) is 11.4. The fourth-order valence-corrected chi connectivity index (χ4v) is 1.28. The quantitative estimate of drug-likeness (QED) is 0.570. The summed E-state index contributed by atoms with van der Waals surface area (Å²) < 4.78 is 44.9. The molecule has 0 fully saturated rings. The molecule has 0 aromatic heterocycles. The Morgan fingerprint density at radius 2 is 1.68 bits per heavy atom. The van der Waals surface area contributed by atoms with E-state index in [9.17, 15) is 13.2 Å². The molecule has 0 atom stereocenters. The van der Waals surface area contributed by atoms with Gasteiger partial charge in [0, 0.05) is 6.42 Å². The first-order chi connectivity index (χ1) is 8.88. The number of rotatable bonds is 7. The molecule has 0 bridgehead atoms. The van der Waals surface area contributed by atoms with Crippen molar-refractivity contribution in [2.24, 2.45) is 0 Å². The van der Waals surface area contributed by atoms with Crippen LogP contribution in [-0.4, -0.2) is 43.2 Å². The van der Waals surface area contributed by atoms with E-state index in [0.29, 0.717) is 17.6 Å². The summed E-state index contributed by atoms with van der Waals surface area (Å²) in [6.45, 7) is -1.07. The molecule has 0 aliphatic heterocycles. The molecule has 0 radical (unpaired) electrons. The molecule has 4 nitrogen and oxygen atoms in total. The molecule has 106 valence electrons. The molecular weight excluding hydrogens is 264 g/mol. The molecule has 0 aliphatic carbocycles. The average Bonchev–Trinajstić information content (AvgIpc) is 2.33. The summed E-state index contributed by atoms with van der Waals surface area (Å²) >= 11 is 0. The first kappa shape index (κ1) is 15.8. The lowest BCUT2D eigenvalue weighted by Gasteiger charge is -2.09. The maximum atomic E-state index is 11.7. The Balaban J connectivity index is 2.16. The molecule has 0 spiro atoms. The Morgan fingerprint density at radius 3 is 2.21 bits per heavy atom. The van der Waals surface area contributed by atoms with E-state index in [0.717, 1.165) is 0 Å². The minimum atomic E-state index is -4.30. The highest BCUT2D eigenvalue weighted by atomic mass is 19.4. The summed E-state index contributed by atoms with van der Waals surface area (Å²) in [5.41, 5.74) is 0.334. The van der Waals surface area contributed by atoms with Crippen molar-refractivity contribution in [3.8, 4) is 5.75 Å². The Bertz CT molecular complexity index is 367. The van der Waals surface area contributed by atoms with Crippen LogP contribution in [0.3, 0.4) is 0 Å². The fraction of sp³-hybridized carbons (Fsp3) is 0.455. The van der Waals surface area contributed by atoms with Gasteiger partial charge in [0.25, 0.3) is 0 Å². The standard InChI is InChI=1S/C11H14BF3O4/c13-11(14,15)8-18-6-1-7-19-10-4-2-9(3-5-10)12(16)17/h2-5,16-17H,1,6-8H2. The van der Waals surface area contributed by atoms with Gasteiger partial charge in [0.15, 0.2) is 0 Å². The van der Waals surface area contributed by atoms with Crippen molar-refractivity contribution in [1.82, 2.24) is 0 Å². The summed E-state index contributed by atoms with van der Waals surface area (Å²) in [5, 5.41) is 17.7. The van der Waals surface area contributed by atoms with Crippen molar-refractivity contribution in [2.45, 2.75) is 12.6 Å². The summed E-state index contributed by atoms with van der Waals surface area (Å²) in [4.78, 5) is 0. The van der Waals surface area contributed by atoms with E-state index in [-0.39, 0.29) is 13.2 Å². The van der Waals surface area contributed by atoms with Gasteiger partial charge in [-0.3, -0.25) is 0 Å². The van der Waals surface area contributed by atoms with Crippen LogP contribution in [0.15, 0.2) is 24.3 Å². The maximum absolute atomic E-state index is 11.7. The van der Waals surface area contributed by atoms with Gasteiger partial charge in [0.2, 0.25) is 0 Å². The zero-order chi connectivity index (χ0) is 14.3. The zero-order valence-electron chi connectivity index (χ0n) is 10.1. The third kappa shape index (κ3) is 7.04. The molecule has 0 aliphatic rings. The summed E-state index contributed by atoms with van der Waals surface area (Å²) in [7, 11) is -1.54. The first-order valence-corrected chi connectivity index (χ1v) is 5.62. The van der Waals surface area contributed by atoms with Gasteiger partial charge >= 0.3 is 13.3 Å². The van der Waals surface area contributed by atoms with Crippen LogP contribution in [0.4, 0.5) is 13.2 Å². The van der Waals surface area contributed by atoms with E-state index >= 15 is 0 Å². The topological polar surface area (TPSA) is 58.9 Å². The molecule has 8 heteroatoms. The SMILES string of the molecule is OB(O)c1ccc(OCCCOCC(F)(F)F)cc1. The van der Waals surface area contributed by atoms with Crippen molar-refractivity contribution in [3.63, 3.8) is 0 Å². The van der Waals surface area contributed by atoms with Crippen LogP contribution in [0.2, 0.25) is 0 Å². The van der Waals surface area contributed by atoms with Gasteiger partial charge in [-0.05, 0) is 17.6 Å². The number of ether oxygens (including phenoxy) is 2. The van der Waals surface area contributed by atoms with Crippen LogP contribution >= 0.6 is 0 Å². The van der Waals surface area contributed by atoms with Gasteiger partial charge in [-0.1, -0.05) is 12.1 Å². The summed E-state index contributed by atoms with van der Waals surface area (Å²) in [5.74, 6) is 0.500. The molecule has 0 saturated heterocycles. The van der Waals surface area contributed by atoms with E-state index in [1.165, 1.54) is 12.1 Å².